The Morgan fingerprint density at radius 2 is 1.38 bits per heavy atom. The zero-order valence-corrected chi connectivity index (χ0v) is 20.3. The van der Waals surface area contributed by atoms with Crippen molar-refractivity contribution in [3.63, 3.8) is 0 Å². The molecule has 0 fully saturated rings. The number of hydrogen-bond acceptors (Lipinski definition) is 6. The van der Waals surface area contributed by atoms with Crippen LogP contribution in [-0.4, -0.2) is 56.7 Å². The van der Waals surface area contributed by atoms with Crippen LogP contribution in [0.5, 0.6) is 0 Å². The third kappa shape index (κ3) is 5.97. The number of nitrogens with zero attached hydrogens (tertiary/aromatic N) is 3. The highest BCUT2D eigenvalue weighted by molar-refractivity contribution is 5.99. The molecule has 4 aromatic rings. The van der Waals surface area contributed by atoms with Crippen molar-refractivity contribution in [2.24, 2.45) is 14.1 Å². The largest absolute Gasteiger partial charge is 0.405 e. The minimum absolute atomic E-state index is 0.175. The number of nitrogens with one attached hydrogen (secondary N) is 4. The number of hydrogen-bond donors (Lipinski definition) is 4. The van der Waals surface area contributed by atoms with Gasteiger partial charge in [0.1, 0.15) is 12.4 Å². The van der Waals surface area contributed by atoms with E-state index in [1.165, 1.54) is 32.3 Å². The van der Waals surface area contributed by atoms with Gasteiger partial charge in [-0.05, 0) is 30.3 Å². The molecule has 4 rings (SSSR count). The lowest BCUT2D eigenvalue weighted by Crippen LogP contribution is -2.32. The highest BCUT2D eigenvalue weighted by atomic mass is 19.4. The predicted octanol–water partition coefficient (Wildman–Crippen LogP) is 1.31. The molecule has 0 aliphatic carbocycles. The molecule has 4 N–H and O–H groups in total. The van der Waals surface area contributed by atoms with Gasteiger partial charge in [0.25, 0.3) is 11.1 Å². The van der Waals surface area contributed by atoms with E-state index in [2.05, 4.69) is 15.3 Å². The van der Waals surface area contributed by atoms with Crippen molar-refractivity contribution in [3.8, 4) is 0 Å². The number of amidine groups is 1. The van der Waals surface area contributed by atoms with Gasteiger partial charge in [-0.15, -0.1) is 0 Å². The van der Waals surface area contributed by atoms with E-state index in [4.69, 9.17) is 5.41 Å². The molecule has 0 bridgehead atoms. The van der Waals surface area contributed by atoms with E-state index >= 15 is 0 Å². The van der Waals surface area contributed by atoms with Crippen molar-refractivity contribution in [2.75, 3.05) is 26.0 Å². The van der Waals surface area contributed by atoms with E-state index in [1.54, 1.807) is 37.2 Å². The highest BCUT2D eigenvalue weighted by Gasteiger charge is 2.26. The summed E-state index contributed by atoms with van der Waals surface area (Å²) in [6, 6.07) is 8.98. The summed E-state index contributed by atoms with van der Waals surface area (Å²) in [5, 5.41) is 10.7. The Bertz CT molecular complexity index is 1730. The molecule has 196 valence electrons. The quantitative estimate of drug-likeness (QED) is 0.237. The minimum Gasteiger partial charge on any atom is -0.376 e. The fourth-order valence-electron chi connectivity index (χ4n) is 3.33. The van der Waals surface area contributed by atoms with E-state index < -0.39 is 29.7 Å². The van der Waals surface area contributed by atoms with Gasteiger partial charge < -0.3 is 20.2 Å². The van der Waals surface area contributed by atoms with Gasteiger partial charge in [-0.3, -0.25) is 24.1 Å². The molecule has 37 heavy (non-hydrogen) atoms. The van der Waals surface area contributed by atoms with Crippen LogP contribution in [0.15, 0.2) is 55.6 Å². The number of anilines is 1. The number of rotatable bonds is 3. The maximum absolute atomic E-state index is 12.1. The lowest BCUT2D eigenvalue weighted by atomic mass is 10.1. The summed E-state index contributed by atoms with van der Waals surface area (Å²) in [6.07, 6.45) is -4.34. The minimum atomic E-state index is -4.34. The third-order valence-electron chi connectivity index (χ3n) is 5.42. The van der Waals surface area contributed by atoms with Crippen LogP contribution in [0.25, 0.3) is 21.8 Å². The molecule has 0 spiro atoms. The van der Waals surface area contributed by atoms with E-state index in [0.717, 1.165) is 9.13 Å². The number of fused-ring (bicyclic) bond motifs is 2. The number of aromatic amines is 2. The summed E-state index contributed by atoms with van der Waals surface area (Å²) >= 11 is 0. The van der Waals surface area contributed by atoms with Gasteiger partial charge in [0.2, 0.25) is 0 Å². The molecule has 0 aliphatic heterocycles. The second-order valence-electron chi connectivity index (χ2n) is 8.32. The fourth-order valence-corrected chi connectivity index (χ4v) is 3.33. The average Bonchev–Trinajstić information content (AvgIpc) is 2.83. The average molecular weight is 519 g/mol. The summed E-state index contributed by atoms with van der Waals surface area (Å²) in [5.74, 6) is 0.318. The Kier molecular flexibility index (Phi) is 7.41. The Labute approximate surface area is 206 Å². The van der Waals surface area contributed by atoms with Crippen LogP contribution in [-0.2, 0) is 14.1 Å². The third-order valence-corrected chi connectivity index (χ3v) is 5.42. The molecule has 2 aromatic carbocycles. The first-order valence-electron chi connectivity index (χ1n) is 10.7. The summed E-state index contributed by atoms with van der Waals surface area (Å²) in [4.78, 5) is 53.2. The van der Waals surface area contributed by atoms with E-state index in [9.17, 15) is 32.3 Å². The van der Waals surface area contributed by atoms with Crippen molar-refractivity contribution in [1.29, 1.82) is 5.41 Å². The zero-order chi connectivity index (χ0) is 27.7. The topological polar surface area (TPSA) is 149 Å². The number of benzene rings is 2. The Balaban J connectivity index is 0.000000206. The second kappa shape index (κ2) is 10.2. The van der Waals surface area contributed by atoms with Crippen LogP contribution >= 0.6 is 0 Å². The lowest BCUT2D eigenvalue weighted by Gasteiger charge is -2.14. The Morgan fingerprint density at radius 1 is 0.892 bits per heavy atom. The molecular formula is C23H24F3N7O4. The van der Waals surface area contributed by atoms with Gasteiger partial charge in [-0.2, -0.15) is 13.2 Å². The maximum Gasteiger partial charge on any atom is 0.405 e. The molecule has 2 heterocycles. The van der Waals surface area contributed by atoms with Crippen LogP contribution in [0, 0.1) is 5.41 Å². The number of H-pyrrole nitrogens is 2. The maximum atomic E-state index is 12.1. The first kappa shape index (κ1) is 27.0. The number of alkyl halides is 3. The van der Waals surface area contributed by atoms with Gasteiger partial charge in [0.15, 0.2) is 0 Å². The number of aromatic nitrogens is 4. The van der Waals surface area contributed by atoms with Gasteiger partial charge in [0, 0.05) is 39.4 Å². The monoisotopic (exact) mass is 519 g/mol. The number of halogens is 3. The molecule has 11 nitrogen and oxygen atoms in total. The molecule has 0 atom stereocenters. The molecular weight excluding hydrogens is 495 g/mol. The van der Waals surface area contributed by atoms with Gasteiger partial charge in [0.05, 0.1) is 21.8 Å². The van der Waals surface area contributed by atoms with Crippen LogP contribution in [0.1, 0.15) is 5.56 Å². The standard InChI is InChI=1S/C12H14N4O2.C11H10F3N3O2/c1-15(2)10(13)7-4-5-8-9(6-7)14-12(18)16(3)11(8)17;1-17-9(18)7-3-2-6(15-5-11(12,13)14)4-8(7)16-10(17)19/h4-6,13H,1-3H3,(H,14,18);2-4,15H,5H2,1H3,(H,16,19). The SMILES string of the molecule is CN(C)C(=N)c1ccc2c(=O)n(C)c(=O)[nH]c2c1.Cn1c(=O)[nH]c2cc(NCC(F)(F)F)ccc2c1=O. The molecule has 0 amide bonds. The predicted molar refractivity (Wildman–Crippen MR) is 135 cm³/mol. The van der Waals surface area contributed by atoms with Crippen molar-refractivity contribution in [1.82, 2.24) is 24.0 Å². The van der Waals surface area contributed by atoms with Gasteiger partial charge >= 0.3 is 17.6 Å². The van der Waals surface area contributed by atoms with E-state index in [1.807, 2.05) is 0 Å². The molecule has 2 aromatic heterocycles. The smallest absolute Gasteiger partial charge is 0.376 e. The summed E-state index contributed by atoms with van der Waals surface area (Å²) in [7, 11) is 6.27. The Hall–Kier alpha value is -4.62. The van der Waals surface area contributed by atoms with E-state index in [-0.39, 0.29) is 22.1 Å². The van der Waals surface area contributed by atoms with Gasteiger partial charge in [-0.1, -0.05) is 6.07 Å². The van der Waals surface area contributed by atoms with Crippen molar-refractivity contribution in [3.05, 3.63) is 83.6 Å². The zero-order valence-electron chi connectivity index (χ0n) is 20.3. The lowest BCUT2D eigenvalue weighted by molar-refractivity contribution is -0.115. The van der Waals surface area contributed by atoms with Crippen molar-refractivity contribution >= 4 is 33.3 Å². The Morgan fingerprint density at radius 3 is 1.86 bits per heavy atom. The molecule has 0 saturated carbocycles. The summed E-state index contributed by atoms with van der Waals surface area (Å²) < 4.78 is 38.1. The molecule has 0 radical (unpaired) electrons. The van der Waals surface area contributed by atoms with Gasteiger partial charge in [-0.25, -0.2) is 9.59 Å². The van der Waals surface area contributed by atoms with Crippen LogP contribution in [0.2, 0.25) is 0 Å². The fraction of sp³-hybridized carbons (Fsp3) is 0.261. The van der Waals surface area contributed by atoms with Crippen molar-refractivity contribution in [2.45, 2.75) is 6.18 Å². The molecule has 0 saturated heterocycles. The van der Waals surface area contributed by atoms with Crippen LogP contribution < -0.4 is 27.8 Å². The molecule has 0 unspecified atom stereocenters. The first-order valence-corrected chi connectivity index (χ1v) is 10.7. The highest BCUT2D eigenvalue weighted by Crippen LogP contribution is 2.18. The molecule has 14 heteroatoms. The summed E-state index contributed by atoms with van der Waals surface area (Å²) in [6.45, 7) is -1.19. The normalized spacial score (nSPS) is 11.2. The molecule has 0 aliphatic rings. The second-order valence-corrected chi connectivity index (χ2v) is 8.32. The van der Waals surface area contributed by atoms with E-state index in [0.29, 0.717) is 22.3 Å². The van der Waals surface area contributed by atoms with Crippen LogP contribution in [0.4, 0.5) is 18.9 Å². The first-order chi connectivity index (χ1) is 17.2. The summed E-state index contributed by atoms with van der Waals surface area (Å²) in [5.41, 5.74) is -0.443. The van der Waals surface area contributed by atoms with Crippen LogP contribution in [0.3, 0.4) is 0 Å². The van der Waals surface area contributed by atoms with Crippen molar-refractivity contribution < 1.29 is 13.2 Å².